The third-order valence-electron chi connectivity index (χ3n) is 6.72. The first-order chi connectivity index (χ1) is 20.9. The summed E-state index contributed by atoms with van der Waals surface area (Å²) in [6, 6.07) is 13.3. The van der Waals surface area contributed by atoms with Gasteiger partial charge in [0.1, 0.15) is 24.9 Å². The van der Waals surface area contributed by atoms with Crippen molar-refractivity contribution in [2.24, 2.45) is 5.92 Å². The van der Waals surface area contributed by atoms with Gasteiger partial charge in [0.25, 0.3) is 16.1 Å². The number of nitrogens with zero attached hydrogens (tertiary/aromatic N) is 3. The molecule has 3 rings (SSSR count). The molecule has 0 unspecified atom stereocenters. The van der Waals surface area contributed by atoms with E-state index in [-0.39, 0.29) is 37.9 Å². The van der Waals surface area contributed by atoms with Crippen LogP contribution >= 0.6 is 0 Å². The second-order valence-electron chi connectivity index (χ2n) is 10.7. The summed E-state index contributed by atoms with van der Waals surface area (Å²) in [7, 11) is -3.94. The maximum atomic E-state index is 12.8. The predicted molar refractivity (Wildman–Crippen MR) is 165 cm³/mol. The van der Waals surface area contributed by atoms with Crippen LogP contribution in [-0.2, 0) is 19.7 Å². The van der Waals surface area contributed by atoms with Gasteiger partial charge in [-0.25, -0.2) is 0 Å². The molecule has 44 heavy (non-hydrogen) atoms. The number of carbonyl (C=O) groups is 2. The van der Waals surface area contributed by atoms with Crippen LogP contribution in [0.1, 0.15) is 49.2 Å². The molecule has 13 heteroatoms. The van der Waals surface area contributed by atoms with Gasteiger partial charge in [-0.15, -0.1) is 0 Å². The Morgan fingerprint density at radius 2 is 1.61 bits per heavy atom. The molecule has 0 aromatic heterocycles. The zero-order chi connectivity index (χ0) is 32.3. The van der Waals surface area contributed by atoms with Crippen molar-refractivity contribution in [1.82, 2.24) is 14.3 Å². The van der Waals surface area contributed by atoms with Crippen LogP contribution in [0.5, 0.6) is 5.75 Å². The summed E-state index contributed by atoms with van der Waals surface area (Å²) < 4.78 is 40.3. The number of rotatable bonds is 13. The Kier molecular flexibility index (Phi) is 12.6. The van der Waals surface area contributed by atoms with Gasteiger partial charge in [-0.1, -0.05) is 25.7 Å². The lowest BCUT2D eigenvalue weighted by atomic mass is 10.1. The highest BCUT2D eigenvalue weighted by atomic mass is 32.2. The van der Waals surface area contributed by atoms with Crippen LogP contribution in [-0.4, -0.2) is 87.8 Å². The van der Waals surface area contributed by atoms with Gasteiger partial charge in [0.2, 0.25) is 0 Å². The largest absolute Gasteiger partial charge is 0.490 e. The van der Waals surface area contributed by atoms with Crippen molar-refractivity contribution in [2.75, 3.05) is 50.8 Å². The Balaban J connectivity index is 1.65. The molecule has 1 amide bonds. The summed E-state index contributed by atoms with van der Waals surface area (Å²) in [5.74, 6) is 4.48. The van der Waals surface area contributed by atoms with Crippen LogP contribution in [0.25, 0.3) is 0 Å². The van der Waals surface area contributed by atoms with Crippen LogP contribution < -0.4 is 19.7 Å². The molecule has 12 nitrogen and oxygen atoms in total. The Morgan fingerprint density at radius 3 is 2.20 bits per heavy atom. The number of amides is 1. The molecular formula is C31H39N5O7S. The van der Waals surface area contributed by atoms with E-state index < -0.39 is 34.0 Å². The van der Waals surface area contributed by atoms with Gasteiger partial charge in [-0.2, -0.15) is 22.7 Å². The predicted octanol–water partition coefficient (Wildman–Crippen LogP) is 2.21. The maximum absolute atomic E-state index is 12.8. The minimum Gasteiger partial charge on any atom is -0.490 e. The molecule has 0 spiro atoms. The Labute approximate surface area is 259 Å². The third kappa shape index (κ3) is 9.96. The van der Waals surface area contributed by atoms with Gasteiger partial charge < -0.3 is 24.8 Å². The smallest absolute Gasteiger partial charge is 0.322 e. The number of carbonyl (C=O) groups excluding carboxylic acids is 1. The minimum absolute atomic E-state index is 0.0602. The molecule has 3 N–H and O–H groups in total. The minimum atomic E-state index is -3.94. The van der Waals surface area contributed by atoms with Gasteiger partial charge >= 0.3 is 5.97 Å². The van der Waals surface area contributed by atoms with Crippen molar-refractivity contribution in [3.63, 3.8) is 0 Å². The van der Waals surface area contributed by atoms with E-state index in [0.717, 1.165) is 11.3 Å². The van der Waals surface area contributed by atoms with Crippen molar-refractivity contribution < 1.29 is 32.6 Å². The summed E-state index contributed by atoms with van der Waals surface area (Å²) in [5, 5.41) is 20.7. The van der Waals surface area contributed by atoms with Crippen molar-refractivity contribution in [3.8, 4) is 23.7 Å². The fourth-order valence-corrected chi connectivity index (χ4v) is 5.84. The van der Waals surface area contributed by atoms with Crippen LogP contribution in [0, 0.1) is 29.1 Å². The molecule has 1 fully saturated rings. The standard InChI is InChI=1S/C31H39N5O7S/c1-22(2)29(31(38)39)34-44(40,41)36-17-15-35(16-18-36)26-10-7-24(8-11-26)5-6-25-9-12-28(43-20-19-42-23(3)4)27(21-25)30(37)33-14-13-32/h7-12,21-23,29,34H,14-20H2,1-4H3,(H,33,37)(H,38,39)/t29-/m1/s1. The average molecular weight is 626 g/mol. The molecule has 0 radical (unpaired) electrons. The van der Waals surface area contributed by atoms with E-state index in [4.69, 9.17) is 14.7 Å². The Morgan fingerprint density at radius 1 is 0.977 bits per heavy atom. The first-order valence-electron chi connectivity index (χ1n) is 14.3. The lowest BCUT2D eigenvalue weighted by molar-refractivity contribution is -0.140. The van der Waals surface area contributed by atoms with E-state index in [2.05, 4.69) is 26.8 Å². The maximum Gasteiger partial charge on any atom is 0.322 e. The van der Waals surface area contributed by atoms with E-state index >= 15 is 0 Å². The third-order valence-corrected chi connectivity index (χ3v) is 8.31. The summed E-state index contributed by atoms with van der Waals surface area (Å²) in [5.41, 5.74) is 2.52. The van der Waals surface area contributed by atoms with E-state index in [1.807, 2.05) is 44.2 Å². The Bertz CT molecular complexity index is 1500. The summed E-state index contributed by atoms with van der Waals surface area (Å²) in [4.78, 5) is 26.2. The number of anilines is 1. The Hall–Kier alpha value is -4.14. The number of nitrogens with one attached hydrogen (secondary N) is 2. The molecule has 0 bridgehead atoms. The molecule has 1 aliphatic heterocycles. The quantitative estimate of drug-likeness (QED) is 0.172. The van der Waals surface area contributed by atoms with Gasteiger partial charge in [0.05, 0.1) is 24.3 Å². The van der Waals surface area contributed by atoms with Gasteiger partial charge in [0, 0.05) is 43.0 Å². The molecule has 2 aromatic carbocycles. The summed E-state index contributed by atoms with van der Waals surface area (Å²) >= 11 is 0. The zero-order valence-electron chi connectivity index (χ0n) is 25.4. The van der Waals surface area contributed by atoms with Crippen LogP contribution in [0.4, 0.5) is 5.69 Å². The number of benzene rings is 2. The highest BCUT2D eigenvalue weighted by molar-refractivity contribution is 7.87. The molecule has 1 heterocycles. The lowest BCUT2D eigenvalue weighted by Gasteiger charge is -2.36. The fraction of sp³-hybridized carbons (Fsp3) is 0.452. The van der Waals surface area contributed by atoms with E-state index in [1.165, 1.54) is 4.31 Å². The number of hydrogen-bond donors (Lipinski definition) is 3. The van der Waals surface area contributed by atoms with E-state index in [1.54, 1.807) is 32.0 Å². The number of nitriles is 1. The normalized spacial score (nSPS) is 14.4. The topological polar surface area (TPSA) is 161 Å². The lowest BCUT2D eigenvalue weighted by Crippen LogP contribution is -2.55. The summed E-state index contributed by atoms with van der Waals surface area (Å²) in [6.07, 6.45) is 0.0602. The molecular weight excluding hydrogens is 586 g/mol. The molecule has 1 saturated heterocycles. The SMILES string of the molecule is CC(C)OCCOc1ccc(C#Cc2ccc(N3CCN(S(=O)(=O)N[C@@H](C(=O)O)C(C)C)CC3)cc2)cc1C(=O)NCC#N. The molecule has 236 valence electrons. The van der Waals surface area contributed by atoms with Crippen molar-refractivity contribution >= 4 is 27.8 Å². The van der Waals surface area contributed by atoms with Crippen molar-refractivity contribution in [1.29, 1.82) is 5.26 Å². The average Bonchev–Trinajstić information content (AvgIpc) is 3.00. The monoisotopic (exact) mass is 625 g/mol. The van der Waals surface area contributed by atoms with E-state index in [0.29, 0.717) is 31.0 Å². The van der Waals surface area contributed by atoms with Crippen LogP contribution in [0.2, 0.25) is 0 Å². The highest BCUT2D eigenvalue weighted by Crippen LogP contribution is 2.21. The number of carboxylic acids is 1. The second-order valence-corrected chi connectivity index (χ2v) is 12.4. The number of piperazine rings is 1. The molecule has 0 aliphatic carbocycles. The van der Waals surface area contributed by atoms with E-state index in [9.17, 15) is 23.1 Å². The van der Waals surface area contributed by atoms with Gasteiger partial charge in [-0.05, 0) is 62.2 Å². The molecule has 1 atom stereocenters. The molecule has 1 aliphatic rings. The molecule has 2 aromatic rings. The number of hydrogen-bond acceptors (Lipinski definition) is 8. The first-order valence-corrected chi connectivity index (χ1v) is 15.8. The number of ether oxygens (including phenoxy) is 2. The van der Waals surface area contributed by atoms with Gasteiger partial charge in [0.15, 0.2) is 0 Å². The van der Waals surface area contributed by atoms with Gasteiger partial charge in [-0.3, -0.25) is 9.59 Å². The van der Waals surface area contributed by atoms with Crippen molar-refractivity contribution in [2.45, 2.75) is 39.8 Å². The van der Waals surface area contributed by atoms with Crippen LogP contribution in [0.15, 0.2) is 42.5 Å². The summed E-state index contributed by atoms with van der Waals surface area (Å²) in [6.45, 7) is 8.97. The zero-order valence-corrected chi connectivity index (χ0v) is 26.2. The second kappa shape index (κ2) is 16.1. The first kappa shape index (κ1) is 34.4. The van der Waals surface area contributed by atoms with Crippen LogP contribution in [0.3, 0.4) is 0 Å². The highest BCUT2D eigenvalue weighted by Gasteiger charge is 2.33. The number of carboxylic acid groups (broad SMARTS) is 1. The van der Waals surface area contributed by atoms with Crippen molar-refractivity contribution in [3.05, 3.63) is 59.2 Å². The fourth-order valence-electron chi connectivity index (χ4n) is 4.35. The number of aliphatic carboxylic acids is 1. The molecule has 0 saturated carbocycles.